The number of nitrogens with zero attached hydrogens (tertiary/aromatic N) is 3. The molecule has 2 N–H and O–H groups in total. The maximum Gasteiger partial charge on any atom is 0.267 e. The molecule has 1 aliphatic rings. The van der Waals surface area contributed by atoms with Crippen LogP contribution in [0.5, 0.6) is 0 Å². The fourth-order valence-corrected chi connectivity index (χ4v) is 3.49. The third-order valence-corrected chi connectivity index (χ3v) is 5.13. The minimum Gasteiger partial charge on any atom is -0.355 e. The van der Waals surface area contributed by atoms with E-state index in [9.17, 15) is 9.18 Å². The number of nitrogens with one attached hydrogen (secondary N) is 2. The first kappa shape index (κ1) is 18.4. The molecule has 0 unspecified atom stereocenters. The molecule has 1 aliphatic heterocycles. The summed E-state index contributed by atoms with van der Waals surface area (Å²) >= 11 is 0. The van der Waals surface area contributed by atoms with Crippen molar-refractivity contribution in [3.63, 3.8) is 0 Å². The Labute approximate surface area is 163 Å². The molecule has 1 aromatic carbocycles. The van der Waals surface area contributed by atoms with Crippen LogP contribution < -0.4 is 10.2 Å². The number of hydrogen-bond acceptors (Lipinski definition) is 4. The highest BCUT2D eigenvalue weighted by molar-refractivity contribution is 5.97. The Kier molecular flexibility index (Phi) is 5.25. The summed E-state index contributed by atoms with van der Waals surface area (Å²) in [6, 6.07) is 10.1. The predicted octanol–water partition coefficient (Wildman–Crippen LogP) is 2.77. The molecule has 0 bridgehead atoms. The predicted molar refractivity (Wildman–Crippen MR) is 108 cm³/mol. The number of halogens is 1. The number of carbonyl (C=O) groups is 1. The Balaban J connectivity index is 1.37. The van der Waals surface area contributed by atoms with Crippen LogP contribution in [0.4, 0.5) is 10.2 Å². The van der Waals surface area contributed by atoms with Gasteiger partial charge in [-0.05, 0) is 55.9 Å². The third-order valence-electron chi connectivity index (χ3n) is 5.13. The molecule has 7 heteroatoms. The summed E-state index contributed by atoms with van der Waals surface area (Å²) in [5, 5.41) is 3.56. The lowest BCUT2D eigenvalue weighted by atomic mass is 10.2. The summed E-state index contributed by atoms with van der Waals surface area (Å²) in [4.78, 5) is 24.6. The van der Waals surface area contributed by atoms with Crippen LogP contribution in [0.15, 0.2) is 42.6 Å². The van der Waals surface area contributed by atoms with E-state index >= 15 is 0 Å². The monoisotopic (exact) mass is 381 g/mol. The van der Waals surface area contributed by atoms with E-state index in [0.717, 1.165) is 49.5 Å². The van der Waals surface area contributed by atoms with E-state index in [1.165, 1.54) is 12.1 Å². The van der Waals surface area contributed by atoms with E-state index in [2.05, 4.69) is 32.1 Å². The zero-order valence-corrected chi connectivity index (χ0v) is 15.9. The summed E-state index contributed by atoms with van der Waals surface area (Å²) in [5.41, 5.74) is 2.09. The minimum atomic E-state index is -0.319. The molecule has 0 atom stereocenters. The molecule has 0 radical (unpaired) electrons. The number of H-pyrrole nitrogens is 1. The molecule has 3 aromatic rings. The van der Waals surface area contributed by atoms with E-state index in [0.29, 0.717) is 17.6 Å². The molecule has 1 saturated heterocycles. The number of fused-ring (bicyclic) bond motifs is 1. The minimum absolute atomic E-state index is 0.226. The fourth-order valence-electron chi connectivity index (χ4n) is 3.49. The van der Waals surface area contributed by atoms with Crippen LogP contribution in [0.3, 0.4) is 0 Å². The molecule has 1 amide bonds. The zero-order chi connectivity index (χ0) is 19.5. The summed E-state index contributed by atoms with van der Waals surface area (Å²) < 4.78 is 13.3. The maximum atomic E-state index is 13.3. The van der Waals surface area contributed by atoms with Crippen molar-refractivity contribution in [2.24, 2.45) is 0 Å². The van der Waals surface area contributed by atoms with Crippen LogP contribution in [0.25, 0.3) is 10.9 Å². The highest BCUT2D eigenvalue weighted by atomic mass is 19.1. The van der Waals surface area contributed by atoms with Crippen LogP contribution in [-0.2, 0) is 6.54 Å². The van der Waals surface area contributed by atoms with Gasteiger partial charge in [0.15, 0.2) is 0 Å². The summed E-state index contributed by atoms with van der Waals surface area (Å²) in [6.45, 7) is 4.52. The summed E-state index contributed by atoms with van der Waals surface area (Å²) in [6.07, 6.45) is 2.94. The molecule has 0 spiro atoms. The van der Waals surface area contributed by atoms with Gasteiger partial charge < -0.3 is 20.1 Å². The lowest BCUT2D eigenvalue weighted by Crippen LogP contribution is -2.29. The van der Waals surface area contributed by atoms with Gasteiger partial charge in [-0.25, -0.2) is 9.37 Å². The number of carbonyl (C=O) groups excluding carboxylic acids is 1. The van der Waals surface area contributed by atoms with Crippen molar-refractivity contribution < 1.29 is 9.18 Å². The van der Waals surface area contributed by atoms with E-state index in [1.807, 2.05) is 18.3 Å². The van der Waals surface area contributed by atoms with Gasteiger partial charge in [-0.3, -0.25) is 4.79 Å². The number of anilines is 1. The second-order valence-electron chi connectivity index (χ2n) is 7.27. The van der Waals surface area contributed by atoms with Crippen molar-refractivity contribution in [2.75, 3.05) is 38.1 Å². The number of hydrogen-bond donors (Lipinski definition) is 2. The number of amides is 1. The van der Waals surface area contributed by atoms with Gasteiger partial charge in [0, 0.05) is 43.3 Å². The molecule has 4 rings (SSSR count). The number of pyridine rings is 1. The Morgan fingerprint density at radius 1 is 1.18 bits per heavy atom. The van der Waals surface area contributed by atoms with Gasteiger partial charge in [-0.15, -0.1) is 0 Å². The second-order valence-corrected chi connectivity index (χ2v) is 7.27. The summed E-state index contributed by atoms with van der Waals surface area (Å²) in [7, 11) is 2.15. The average Bonchev–Trinajstić information content (AvgIpc) is 3.00. The standard InChI is InChI=1S/C21H24FN5O/c1-26-7-2-8-27(10-9-26)20-6-3-15(13-23-20)14-24-21(28)19-12-16-11-17(22)4-5-18(16)25-19/h3-6,11-13,25H,2,7-10,14H2,1H3,(H,24,28). The van der Waals surface area contributed by atoms with Crippen LogP contribution in [-0.4, -0.2) is 54.0 Å². The topological polar surface area (TPSA) is 64.3 Å². The second kappa shape index (κ2) is 7.98. The first-order valence-electron chi connectivity index (χ1n) is 9.53. The molecule has 6 nitrogen and oxygen atoms in total. The van der Waals surface area contributed by atoms with Gasteiger partial charge in [0.1, 0.15) is 17.3 Å². The molecular formula is C21H24FN5O. The quantitative estimate of drug-likeness (QED) is 0.730. The van der Waals surface area contributed by atoms with E-state index in [4.69, 9.17) is 0 Å². The number of aromatic amines is 1. The van der Waals surface area contributed by atoms with Crippen LogP contribution in [0.1, 0.15) is 22.5 Å². The van der Waals surface area contributed by atoms with Crippen LogP contribution in [0, 0.1) is 5.82 Å². The van der Waals surface area contributed by atoms with E-state index in [-0.39, 0.29) is 11.7 Å². The number of aromatic nitrogens is 2. The SMILES string of the molecule is CN1CCCN(c2ccc(CNC(=O)c3cc4cc(F)ccc4[nH]3)cn2)CC1. The van der Waals surface area contributed by atoms with Gasteiger partial charge in [-0.1, -0.05) is 6.07 Å². The lowest BCUT2D eigenvalue weighted by molar-refractivity contribution is 0.0946. The molecular weight excluding hydrogens is 357 g/mol. The Hall–Kier alpha value is -2.93. The smallest absolute Gasteiger partial charge is 0.267 e. The van der Waals surface area contributed by atoms with Crippen LogP contribution in [0.2, 0.25) is 0 Å². The van der Waals surface area contributed by atoms with Crippen molar-refractivity contribution in [3.05, 3.63) is 59.7 Å². The number of likely N-dealkylation sites (N-methyl/N-ethyl adjacent to an activating group) is 1. The highest BCUT2D eigenvalue weighted by Crippen LogP contribution is 2.17. The normalized spacial score (nSPS) is 15.6. The zero-order valence-electron chi connectivity index (χ0n) is 15.9. The first-order valence-corrected chi connectivity index (χ1v) is 9.53. The van der Waals surface area contributed by atoms with Gasteiger partial charge in [0.2, 0.25) is 0 Å². The number of rotatable bonds is 4. The van der Waals surface area contributed by atoms with E-state index < -0.39 is 0 Å². The first-order chi connectivity index (χ1) is 13.6. The largest absolute Gasteiger partial charge is 0.355 e. The van der Waals surface area contributed by atoms with Gasteiger partial charge in [0.05, 0.1) is 0 Å². The van der Waals surface area contributed by atoms with Gasteiger partial charge in [-0.2, -0.15) is 0 Å². The number of benzene rings is 1. The Bertz CT molecular complexity index is 969. The molecule has 2 aromatic heterocycles. The Morgan fingerprint density at radius 2 is 2.07 bits per heavy atom. The van der Waals surface area contributed by atoms with E-state index in [1.54, 1.807) is 12.1 Å². The van der Waals surface area contributed by atoms with Crippen molar-refractivity contribution >= 4 is 22.6 Å². The molecule has 28 heavy (non-hydrogen) atoms. The molecule has 0 saturated carbocycles. The van der Waals surface area contributed by atoms with Gasteiger partial charge in [0.25, 0.3) is 5.91 Å². The summed E-state index contributed by atoms with van der Waals surface area (Å²) in [5.74, 6) is 0.430. The van der Waals surface area contributed by atoms with Crippen LogP contribution >= 0.6 is 0 Å². The molecule has 146 valence electrons. The Morgan fingerprint density at radius 3 is 2.89 bits per heavy atom. The van der Waals surface area contributed by atoms with Crippen molar-refractivity contribution in [1.82, 2.24) is 20.2 Å². The van der Waals surface area contributed by atoms with Crippen molar-refractivity contribution in [3.8, 4) is 0 Å². The molecule has 3 heterocycles. The molecule has 0 aliphatic carbocycles. The van der Waals surface area contributed by atoms with Crippen molar-refractivity contribution in [1.29, 1.82) is 0 Å². The van der Waals surface area contributed by atoms with Gasteiger partial charge >= 0.3 is 0 Å². The fraction of sp³-hybridized carbons (Fsp3) is 0.333. The maximum absolute atomic E-state index is 13.3. The average molecular weight is 381 g/mol. The van der Waals surface area contributed by atoms with Crippen molar-refractivity contribution in [2.45, 2.75) is 13.0 Å². The molecule has 1 fully saturated rings. The third kappa shape index (κ3) is 4.14. The highest BCUT2D eigenvalue weighted by Gasteiger charge is 2.14. The lowest BCUT2D eigenvalue weighted by Gasteiger charge is -2.21.